The SMILES string of the molecule is CC(C)(C)c1ccc(C(=O)NCCC(=O)OCC(=O)Nc2ccc(F)cc2Cl)cc1. The first kappa shape index (κ1) is 23.3. The summed E-state index contributed by atoms with van der Waals surface area (Å²) < 4.78 is 17.9. The van der Waals surface area contributed by atoms with Gasteiger partial charge in [-0.2, -0.15) is 0 Å². The van der Waals surface area contributed by atoms with E-state index in [4.69, 9.17) is 16.3 Å². The Kier molecular flexibility index (Phi) is 7.94. The Morgan fingerprint density at radius 3 is 2.33 bits per heavy atom. The average molecular weight is 435 g/mol. The largest absolute Gasteiger partial charge is 0.456 e. The average Bonchev–Trinajstić information content (AvgIpc) is 2.68. The van der Waals surface area contributed by atoms with Crippen LogP contribution < -0.4 is 10.6 Å². The highest BCUT2D eigenvalue weighted by Gasteiger charge is 2.15. The third-order valence-corrected chi connectivity index (χ3v) is 4.51. The van der Waals surface area contributed by atoms with Crippen LogP contribution in [0.25, 0.3) is 0 Å². The van der Waals surface area contributed by atoms with E-state index in [9.17, 15) is 18.8 Å². The third kappa shape index (κ3) is 7.15. The number of halogens is 2. The number of hydrogen-bond donors (Lipinski definition) is 2. The van der Waals surface area contributed by atoms with E-state index in [1.807, 2.05) is 12.1 Å². The number of nitrogens with one attached hydrogen (secondary N) is 2. The Hall–Kier alpha value is -2.93. The first-order valence-electron chi connectivity index (χ1n) is 9.35. The maximum Gasteiger partial charge on any atom is 0.308 e. The van der Waals surface area contributed by atoms with Gasteiger partial charge in [-0.1, -0.05) is 44.5 Å². The number of ether oxygens (including phenoxy) is 1. The Morgan fingerprint density at radius 2 is 1.73 bits per heavy atom. The van der Waals surface area contributed by atoms with Crippen molar-refractivity contribution >= 4 is 35.1 Å². The van der Waals surface area contributed by atoms with Gasteiger partial charge in [0.1, 0.15) is 5.82 Å². The number of anilines is 1. The van der Waals surface area contributed by atoms with Gasteiger partial charge in [-0.25, -0.2) is 4.39 Å². The third-order valence-electron chi connectivity index (χ3n) is 4.20. The quantitative estimate of drug-likeness (QED) is 0.643. The van der Waals surface area contributed by atoms with Gasteiger partial charge in [-0.15, -0.1) is 0 Å². The minimum absolute atomic E-state index is 0.00686. The molecule has 0 fully saturated rings. The molecule has 0 aliphatic heterocycles. The number of esters is 1. The molecule has 2 N–H and O–H groups in total. The van der Waals surface area contributed by atoms with Crippen molar-refractivity contribution in [3.8, 4) is 0 Å². The molecule has 0 aromatic heterocycles. The van der Waals surface area contributed by atoms with Gasteiger partial charge in [-0.3, -0.25) is 14.4 Å². The number of carbonyl (C=O) groups excluding carboxylic acids is 3. The lowest BCUT2D eigenvalue weighted by Gasteiger charge is -2.19. The van der Waals surface area contributed by atoms with Crippen molar-refractivity contribution < 1.29 is 23.5 Å². The number of benzene rings is 2. The zero-order chi connectivity index (χ0) is 22.3. The van der Waals surface area contributed by atoms with E-state index >= 15 is 0 Å². The lowest BCUT2D eigenvalue weighted by Crippen LogP contribution is -2.27. The predicted octanol–water partition coefficient (Wildman–Crippen LogP) is 4.08. The summed E-state index contributed by atoms with van der Waals surface area (Å²) in [5, 5.41) is 5.09. The van der Waals surface area contributed by atoms with Crippen LogP contribution in [0, 0.1) is 5.82 Å². The van der Waals surface area contributed by atoms with Gasteiger partial charge in [0.2, 0.25) is 0 Å². The van der Waals surface area contributed by atoms with Gasteiger partial charge in [0.15, 0.2) is 6.61 Å². The molecule has 0 saturated heterocycles. The smallest absolute Gasteiger partial charge is 0.308 e. The fraction of sp³-hybridized carbons (Fsp3) is 0.318. The van der Waals surface area contributed by atoms with Crippen LogP contribution in [-0.4, -0.2) is 30.9 Å². The van der Waals surface area contributed by atoms with Crippen LogP contribution in [0.15, 0.2) is 42.5 Å². The summed E-state index contributed by atoms with van der Waals surface area (Å²) in [5.74, 6) is -2.08. The van der Waals surface area contributed by atoms with E-state index in [1.54, 1.807) is 12.1 Å². The maximum atomic E-state index is 13.0. The molecule has 0 atom stereocenters. The molecule has 0 aliphatic rings. The summed E-state index contributed by atoms with van der Waals surface area (Å²) in [6.45, 7) is 5.81. The Bertz CT molecular complexity index is 924. The lowest BCUT2D eigenvalue weighted by atomic mass is 9.87. The van der Waals surface area contributed by atoms with Crippen LogP contribution in [0.5, 0.6) is 0 Å². The van der Waals surface area contributed by atoms with Gasteiger partial charge in [0, 0.05) is 12.1 Å². The summed E-state index contributed by atoms with van der Waals surface area (Å²) in [6, 6.07) is 10.8. The predicted molar refractivity (Wildman–Crippen MR) is 113 cm³/mol. The van der Waals surface area contributed by atoms with Crippen molar-refractivity contribution in [3.63, 3.8) is 0 Å². The van der Waals surface area contributed by atoms with Gasteiger partial charge in [0.25, 0.3) is 11.8 Å². The molecule has 0 heterocycles. The number of carbonyl (C=O) groups is 3. The van der Waals surface area contributed by atoms with Gasteiger partial charge < -0.3 is 15.4 Å². The van der Waals surface area contributed by atoms with Crippen LogP contribution in [0.1, 0.15) is 43.1 Å². The monoisotopic (exact) mass is 434 g/mol. The molecule has 0 bridgehead atoms. The van der Waals surface area contributed by atoms with E-state index in [2.05, 4.69) is 31.4 Å². The van der Waals surface area contributed by atoms with Crippen molar-refractivity contribution in [2.24, 2.45) is 0 Å². The fourth-order valence-electron chi connectivity index (χ4n) is 2.50. The fourth-order valence-corrected chi connectivity index (χ4v) is 2.71. The Balaban J connectivity index is 1.71. The van der Waals surface area contributed by atoms with Crippen LogP contribution in [0.3, 0.4) is 0 Å². The van der Waals surface area contributed by atoms with Crippen LogP contribution in [0.4, 0.5) is 10.1 Å². The summed E-state index contributed by atoms with van der Waals surface area (Å²) in [6.07, 6.45) is -0.0869. The minimum Gasteiger partial charge on any atom is -0.456 e. The first-order valence-corrected chi connectivity index (χ1v) is 9.73. The highest BCUT2D eigenvalue weighted by Crippen LogP contribution is 2.23. The van der Waals surface area contributed by atoms with E-state index in [1.165, 1.54) is 6.07 Å². The van der Waals surface area contributed by atoms with Crippen molar-refractivity contribution in [1.29, 1.82) is 0 Å². The number of rotatable bonds is 7. The normalized spacial score (nSPS) is 11.0. The second kappa shape index (κ2) is 10.2. The van der Waals surface area contributed by atoms with E-state index in [-0.39, 0.29) is 35.0 Å². The molecular formula is C22H24ClFN2O4. The molecule has 2 amide bonds. The highest BCUT2D eigenvalue weighted by atomic mass is 35.5. The Morgan fingerprint density at radius 1 is 1.07 bits per heavy atom. The van der Waals surface area contributed by atoms with E-state index in [0.29, 0.717) is 5.56 Å². The highest BCUT2D eigenvalue weighted by molar-refractivity contribution is 6.33. The zero-order valence-corrected chi connectivity index (χ0v) is 17.8. The molecule has 0 saturated carbocycles. The maximum absolute atomic E-state index is 13.0. The van der Waals surface area contributed by atoms with Crippen molar-refractivity contribution in [2.75, 3.05) is 18.5 Å². The van der Waals surface area contributed by atoms with Gasteiger partial charge >= 0.3 is 5.97 Å². The molecule has 2 aromatic rings. The van der Waals surface area contributed by atoms with Crippen LogP contribution in [0.2, 0.25) is 5.02 Å². The molecule has 160 valence electrons. The summed E-state index contributed by atoms with van der Waals surface area (Å²) in [5.41, 5.74) is 1.81. The molecule has 30 heavy (non-hydrogen) atoms. The molecule has 0 aliphatic carbocycles. The number of hydrogen-bond acceptors (Lipinski definition) is 4. The molecule has 0 radical (unpaired) electrons. The molecule has 6 nitrogen and oxygen atoms in total. The molecule has 0 unspecified atom stereocenters. The molecule has 2 aromatic carbocycles. The van der Waals surface area contributed by atoms with E-state index in [0.717, 1.165) is 17.7 Å². The Labute approximate surface area is 179 Å². The van der Waals surface area contributed by atoms with E-state index < -0.39 is 24.3 Å². The summed E-state index contributed by atoms with van der Waals surface area (Å²) in [4.78, 5) is 35.7. The first-order chi connectivity index (χ1) is 14.1. The van der Waals surface area contributed by atoms with Crippen molar-refractivity contribution in [1.82, 2.24) is 5.32 Å². The summed E-state index contributed by atoms with van der Waals surface area (Å²) in [7, 11) is 0. The van der Waals surface area contributed by atoms with Gasteiger partial charge in [0.05, 0.1) is 17.1 Å². The molecule has 2 rings (SSSR count). The minimum atomic E-state index is -0.640. The van der Waals surface area contributed by atoms with Gasteiger partial charge in [-0.05, 0) is 41.3 Å². The van der Waals surface area contributed by atoms with Crippen LogP contribution >= 0.6 is 11.6 Å². The van der Waals surface area contributed by atoms with Crippen molar-refractivity contribution in [3.05, 3.63) is 64.4 Å². The van der Waals surface area contributed by atoms with Crippen LogP contribution in [-0.2, 0) is 19.7 Å². The summed E-state index contributed by atoms with van der Waals surface area (Å²) >= 11 is 5.81. The molecule has 0 spiro atoms. The number of amides is 2. The zero-order valence-electron chi connectivity index (χ0n) is 17.1. The lowest BCUT2D eigenvalue weighted by molar-refractivity contribution is -0.147. The topological polar surface area (TPSA) is 84.5 Å². The van der Waals surface area contributed by atoms with Crippen molar-refractivity contribution in [2.45, 2.75) is 32.6 Å². The second-order valence-corrected chi connectivity index (χ2v) is 8.07. The second-order valence-electron chi connectivity index (χ2n) is 7.67. The standard InChI is InChI=1S/C22H24ClFN2O4/c1-22(2,3)15-6-4-14(5-7-15)21(29)25-11-10-20(28)30-13-19(27)26-18-9-8-16(24)12-17(18)23/h4-9,12H,10-11,13H2,1-3H3,(H,25,29)(H,26,27). The molecular weight excluding hydrogens is 411 g/mol. The molecule has 8 heteroatoms.